The summed E-state index contributed by atoms with van der Waals surface area (Å²) in [5, 5.41) is 3.35. The highest BCUT2D eigenvalue weighted by Crippen LogP contribution is 2.33. The number of hydrogen-bond acceptors (Lipinski definition) is 3. The molecule has 1 aromatic carbocycles. The molecule has 3 nitrogen and oxygen atoms in total. The Kier molecular flexibility index (Phi) is 3.98. The van der Waals surface area contributed by atoms with Crippen LogP contribution >= 0.6 is 31.9 Å². The Morgan fingerprint density at radius 1 is 1.30 bits per heavy atom. The summed E-state index contributed by atoms with van der Waals surface area (Å²) in [6, 6.07) is 6.28. The van der Waals surface area contributed by atoms with Crippen LogP contribution in [0.15, 0.2) is 33.3 Å². The minimum absolute atomic E-state index is 0.691. The highest BCUT2D eigenvalue weighted by molar-refractivity contribution is 9.10. The van der Waals surface area contributed by atoms with Crippen LogP contribution in [0.2, 0.25) is 0 Å². The molecule has 0 amide bonds. The summed E-state index contributed by atoms with van der Waals surface area (Å²) in [7, 11) is 0. The van der Waals surface area contributed by atoms with Crippen LogP contribution in [-0.4, -0.2) is 11.6 Å². The molecule has 0 unspecified atom stereocenters. The van der Waals surface area contributed by atoms with Gasteiger partial charge in [0, 0.05) is 29.2 Å². The van der Waals surface area contributed by atoms with Gasteiger partial charge in [0.15, 0.2) is 0 Å². The molecule has 2 aromatic rings. The van der Waals surface area contributed by atoms with Crippen LogP contribution in [-0.2, 0) is 13.0 Å². The largest absolute Gasteiger partial charge is 0.493 e. The Morgan fingerprint density at radius 2 is 2.15 bits per heavy atom. The van der Waals surface area contributed by atoms with Gasteiger partial charge in [0.2, 0.25) is 0 Å². The lowest BCUT2D eigenvalue weighted by Crippen LogP contribution is -2.04. The van der Waals surface area contributed by atoms with Crippen LogP contribution in [0.25, 0.3) is 0 Å². The summed E-state index contributed by atoms with van der Waals surface area (Å²) in [5.41, 5.74) is 3.56. The van der Waals surface area contributed by atoms with E-state index in [4.69, 9.17) is 4.74 Å². The van der Waals surface area contributed by atoms with Crippen molar-refractivity contribution in [3.63, 3.8) is 0 Å². The Balaban J connectivity index is 1.82. The SMILES string of the molecule is Cc1cnc(NCc2cc(Br)cc3c2OCC3)c(Br)c1. The third-order valence-electron chi connectivity index (χ3n) is 3.25. The molecular formula is C15H14Br2N2O. The molecule has 0 saturated heterocycles. The molecule has 2 heterocycles. The van der Waals surface area contributed by atoms with Crippen molar-refractivity contribution in [3.05, 3.63) is 50.0 Å². The van der Waals surface area contributed by atoms with Crippen molar-refractivity contribution in [1.82, 2.24) is 4.98 Å². The number of pyridine rings is 1. The quantitative estimate of drug-likeness (QED) is 0.829. The van der Waals surface area contributed by atoms with Gasteiger partial charge in [-0.3, -0.25) is 0 Å². The number of anilines is 1. The van der Waals surface area contributed by atoms with E-state index in [9.17, 15) is 0 Å². The van der Waals surface area contributed by atoms with Gasteiger partial charge in [-0.2, -0.15) is 0 Å². The van der Waals surface area contributed by atoms with Crippen molar-refractivity contribution in [2.24, 2.45) is 0 Å². The maximum absolute atomic E-state index is 5.73. The lowest BCUT2D eigenvalue weighted by atomic mass is 10.1. The fourth-order valence-electron chi connectivity index (χ4n) is 2.32. The van der Waals surface area contributed by atoms with E-state index in [0.29, 0.717) is 6.54 Å². The summed E-state index contributed by atoms with van der Waals surface area (Å²) in [4.78, 5) is 4.40. The first-order valence-corrected chi connectivity index (χ1v) is 8.02. The van der Waals surface area contributed by atoms with Gasteiger partial charge in [-0.1, -0.05) is 15.9 Å². The average molecular weight is 398 g/mol. The predicted octanol–water partition coefficient (Wildman–Crippen LogP) is 4.46. The zero-order chi connectivity index (χ0) is 14.1. The second kappa shape index (κ2) is 5.74. The van der Waals surface area contributed by atoms with Gasteiger partial charge in [0.1, 0.15) is 11.6 Å². The van der Waals surface area contributed by atoms with Gasteiger partial charge in [0.05, 0.1) is 11.1 Å². The van der Waals surface area contributed by atoms with Gasteiger partial charge in [-0.05, 0) is 52.2 Å². The predicted molar refractivity (Wildman–Crippen MR) is 87.3 cm³/mol. The number of hydrogen-bond donors (Lipinski definition) is 1. The van der Waals surface area contributed by atoms with E-state index in [1.807, 2.05) is 13.1 Å². The molecule has 5 heteroatoms. The molecular weight excluding hydrogens is 384 g/mol. The summed E-state index contributed by atoms with van der Waals surface area (Å²) < 4.78 is 7.80. The summed E-state index contributed by atoms with van der Waals surface area (Å²) in [5.74, 6) is 1.87. The first-order valence-electron chi connectivity index (χ1n) is 6.43. The molecule has 0 radical (unpaired) electrons. The smallest absolute Gasteiger partial charge is 0.140 e. The normalized spacial score (nSPS) is 12.9. The minimum atomic E-state index is 0.691. The molecule has 0 saturated carbocycles. The minimum Gasteiger partial charge on any atom is -0.493 e. The Hall–Kier alpha value is -1.07. The Morgan fingerprint density at radius 3 is 2.95 bits per heavy atom. The van der Waals surface area contributed by atoms with Crippen molar-refractivity contribution >= 4 is 37.7 Å². The number of fused-ring (bicyclic) bond motifs is 1. The Labute approximate surface area is 135 Å². The molecule has 104 valence electrons. The molecule has 1 aromatic heterocycles. The maximum Gasteiger partial charge on any atom is 0.140 e. The highest BCUT2D eigenvalue weighted by atomic mass is 79.9. The topological polar surface area (TPSA) is 34.2 Å². The molecule has 0 atom stereocenters. The monoisotopic (exact) mass is 396 g/mol. The van der Waals surface area contributed by atoms with Gasteiger partial charge in [0.25, 0.3) is 0 Å². The standard InChI is InChI=1S/C15H14Br2N2O/c1-9-4-13(17)15(18-7-9)19-8-11-6-12(16)5-10-2-3-20-14(10)11/h4-7H,2-3,8H2,1H3,(H,18,19). The number of nitrogens with zero attached hydrogens (tertiary/aromatic N) is 1. The van der Waals surface area contributed by atoms with Crippen LogP contribution < -0.4 is 10.1 Å². The molecule has 1 N–H and O–H groups in total. The van der Waals surface area contributed by atoms with Crippen LogP contribution in [0.1, 0.15) is 16.7 Å². The third kappa shape index (κ3) is 2.83. The molecule has 0 aliphatic carbocycles. The van der Waals surface area contributed by atoms with E-state index >= 15 is 0 Å². The number of nitrogens with one attached hydrogen (secondary N) is 1. The fraction of sp³-hybridized carbons (Fsp3) is 0.267. The number of aromatic nitrogens is 1. The Bertz CT molecular complexity index is 659. The molecule has 20 heavy (non-hydrogen) atoms. The van der Waals surface area contributed by atoms with Crippen molar-refractivity contribution < 1.29 is 4.74 Å². The first-order chi connectivity index (χ1) is 9.63. The lowest BCUT2D eigenvalue weighted by Gasteiger charge is -2.12. The van der Waals surface area contributed by atoms with E-state index in [-0.39, 0.29) is 0 Å². The summed E-state index contributed by atoms with van der Waals surface area (Å²) in [6.45, 7) is 3.48. The fourth-order valence-corrected chi connectivity index (χ4v) is 3.48. The highest BCUT2D eigenvalue weighted by Gasteiger charge is 2.17. The van der Waals surface area contributed by atoms with Gasteiger partial charge in [-0.15, -0.1) is 0 Å². The average Bonchev–Trinajstić information content (AvgIpc) is 2.85. The molecule has 0 spiro atoms. The van der Waals surface area contributed by atoms with Crippen LogP contribution in [0, 0.1) is 6.92 Å². The zero-order valence-corrected chi connectivity index (χ0v) is 14.2. The van der Waals surface area contributed by atoms with Crippen LogP contribution in [0.4, 0.5) is 5.82 Å². The number of halogens is 2. The van der Waals surface area contributed by atoms with Crippen LogP contribution in [0.3, 0.4) is 0 Å². The van der Waals surface area contributed by atoms with Gasteiger partial charge in [-0.25, -0.2) is 4.98 Å². The molecule has 0 bridgehead atoms. The lowest BCUT2D eigenvalue weighted by molar-refractivity contribution is 0.354. The number of ether oxygens (including phenoxy) is 1. The van der Waals surface area contributed by atoms with E-state index in [1.54, 1.807) is 0 Å². The number of rotatable bonds is 3. The summed E-state index contributed by atoms with van der Waals surface area (Å²) >= 11 is 7.09. The van der Waals surface area contributed by atoms with Crippen molar-refractivity contribution in [2.45, 2.75) is 19.9 Å². The van der Waals surface area contributed by atoms with E-state index in [1.165, 1.54) is 5.56 Å². The number of benzene rings is 1. The maximum atomic E-state index is 5.73. The van der Waals surface area contributed by atoms with Crippen LogP contribution in [0.5, 0.6) is 5.75 Å². The molecule has 1 aliphatic rings. The van der Waals surface area contributed by atoms with E-state index < -0.39 is 0 Å². The molecule has 0 fully saturated rings. The molecule has 1 aliphatic heterocycles. The summed E-state index contributed by atoms with van der Waals surface area (Å²) in [6.07, 6.45) is 2.84. The second-order valence-corrected chi connectivity index (χ2v) is 6.62. The van der Waals surface area contributed by atoms with Crippen molar-refractivity contribution in [2.75, 3.05) is 11.9 Å². The van der Waals surface area contributed by atoms with Gasteiger partial charge >= 0.3 is 0 Å². The van der Waals surface area contributed by atoms with Crippen molar-refractivity contribution in [3.8, 4) is 5.75 Å². The zero-order valence-electron chi connectivity index (χ0n) is 11.0. The number of aryl methyl sites for hydroxylation is 1. The third-order valence-corrected chi connectivity index (χ3v) is 4.31. The van der Waals surface area contributed by atoms with Crippen molar-refractivity contribution in [1.29, 1.82) is 0 Å². The second-order valence-electron chi connectivity index (χ2n) is 4.85. The van der Waals surface area contributed by atoms with E-state index in [2.05, 4.69) is 60.4 Å². The van der Waals surface area contributed by atoms with Gasteiger partial charge < -0.3 is 10.1 Å². The first kappa shape index (κ1) is 13.9. The van der Waals surface area contributed by atoms with E-state index in [0.717, 1.165) is 44.7 Å². The molecule has 3 rings (SSSR count).